The molecule has 0 spiro atoms. The lowest BCUT2D eigenvalue weighted by Gasteiger charge is -1.92. The van der Waals surface area contributed by atoms with Gasteiger partial charge in [-0.25, -0.2) is 0 Å². The highest BCUT2D eigenvalue weighted by Gasteiger charge is 1.92. The lowest BCUT2D eigenvalue weighted by Crippen LogP contribution is -1.74. The monoisotopic (exact) mass is 178 g/mol. The average molecular weight is 178 g/mol. The van der Waals surface area contributed by atoms with Crippen LogP contribution < -0.4 is 0 Å². The van der Waals surface area contributed by atoms with Crippen LogP contribution in [0.5, 0.6) is 0 Å². The van der Waals surface area contributed by atoms with Crippen LogP contribution in [0.3, 0.4) is 0 Å². The highest BCUT2D eigenvalue weighted by molar-refractivity contribution is 9.09. The van der Waals surface area contributed by atoms with Gasteiger partial charge in [-0.3, -0.25) is 0 Å². The van der Waals surface area contributed by atoms with E-state index < -0.39 is 0 Å². The smallest absolute Gasteiger partial charge is 0.00453 e. The number of rotatable bonds is 0. The molecule has 0 N–H and O–H groups in total. The lowest BCUT2D eigenvalue weighted by atomic mass is 10.2. The van der Waals surface area contributed by atoms with Crippen molar-refractivity contribution < 1.29 is 0 Å². The summed E-state index contributed by atoms with van der Waals surface area (Å²) in [6, 6.07) is 0. The van der Waals surface area contributed by atoms with E-state index in [4.69, 9.17) is 0 Å². The summed E-state index contributed by atoms with van der Waals surface area (Å²) in [7, 11) is 5.70. The molecule has 0 saturated carbocycles. The first-order valence-corrected chi connectivity index (χ1v) is 6.81. The van der Waals surface area contributed by atoms with E-state index in [1.54, 1.807) is 0 Å². The Kier molecular flexibility index (Phi) is 4.88. The molecule has 0 aromatic heterocycles. The molecule has 0 unspecified atom stereocenters. The van der Waals surface area contributed by atoms with Crippen LogP contribution in [0.4, 0.5) is 0 Å². The second-order valence-electron chi connectivity index (χ2n) is 1.85. The maximum Gasteiger partial charge on any atom is 0.00453 e. The summed E-state index contributed by atoms with van der Waals surface area (Å²) in [5.74, 6) is 1.32. The van der Waals surface area contributed by atoms with Crippen LogP contribution in [0.1, 0.15) is 19.3 Å². The third kappa shape index (κ3) is 4.23. The standard InChI is InChI=1S/C6H10S3/c1-2-4-6-8-9-7-5-3-1/h3,5H,1-2,4,6H2/b5-3-. The van der Waals surface area contributed by atoms with E-state index in [0.29, 0.717) is 0 Å². The first kappa shape index (κ1) is 7.89. The zero-order valence-electron chi connectivity index (χ0n) is 5.21. The topological polar surface area (TPSA) is 0 Å². The van der Waals surface area contributed by atoms with Crippen molar-refractivity contribution in [3.63, 3.8) is 0 Å². The van der Waals surface area contributed by atoms with Crippen LogP contribution in [-0.4, -0.2) is 5.75 Å². The van der Waals surface area contributed by atoms with E-state index in [-0.39, 0.29) is 0 Å². The van der Waals surface area contributed by atoms with Crippen molar-refractivity contribution in [1.29, 1.82) is 0 Å². The van der Waals surface area contributed by atoms with Gasteiger partial charge in [0, 0.05) is 5.75 Å². The number of hydrogen-bond donors (Lipinski definition) is 0. The van der Waals surface area contributed by atoms with Gasteiger partial charge in [-0.15, -0.1) is 0 Å². The maximum absolute atomic E-state index is 2.27. The van der Waals surface area contributed by atoms with Crippen LogP contribution >= 0.6 is 31.4 Å². The molecule has 52 valence electrons. The van der Waals surface area contributed by atoms with E-state index in [9.17, 15) is 0 Å². The number of allylic oxidation sites excluding steroid dienone is 1. The van der Waals surface area contributed by atoms with Gasteiger partial charge in [0.1, 0.15) is 0 Å². The van der Waals surface area contributed by atoms with Crippen LogP contribution in [0.25, 0.3) is 0 Å². The van der Waals surface area contributed by atoms with Gasteiger partial charge in [0.05, 0.1) is 0 Å². The largest absolute Gasteiger partial charge is 0.0822 e. The minimum atomic E-state index is 1.27. The fourth-order valence-electron chi connectivity index (χ4n) is 0.615. The molecule has 0 fully saturated rings. The van der Waals surface area contributed by atoms with E-state index in [1.165, 1.54) is 25.0 Å². The van der Waals surface area contributed by atoms with Gasteiger partial charge >= 0.3 is 0 Å². The molecule has 0 amide bonds. The molecule has 1 aliphatic heterocycles. The van der Waals surface area contributed by atoms with Gasteiger partial charge in [0.25, 0.3) is 0 Å². The third-order valence-electron chi connectivity index (χ3n) is 1.09. The summed E-state index contributed by atoms with van der Waals surface area (Å²) in [5.41, 5.74) is 0. The summed E-state index contributed by atoms with van der Waals surface area (Å²) in [6.07, 6.45) is 6.28. The van der Waals surface area contributed by atoms with Gasteiger partial charge in [-0.2, -0.15) is 0 Å². The van der Waals surface area contributed by atoms with Crippen LogP contribution in [0, 0.1) is 0 Å². The highest BCUT2D eigenvalue weighted by atomic mass is 33.5. The number of hydrogen-bond acceptors (Lipinski definition) is 3. The molecule has 0 aromatic carbocycles. The summed E-state index contributed by atoms with van der Waals surface area (Å²) < 4.78 is 0. The quantitative estimate of drug-likeness (QED) is 0.519. The molecule has 0 radical (unpaired) electrons. The van der Waals surface area contributed by atoms with Crippen molar-refractivity contribution in [2.75, 3.05) is 5.75 Å². The molecule has 0 aromatic rings. The third-order valence-corrected chi connectivity index (χ3v) is 4.95. The summed E-state index contributed by atoms with van der Waals surface area (Å²) in [5, 5.41) is 2.20. The van der Waals surface area contributed by atoms with Crippen molar-refractivity contribution in [1.82, 2.24) is 0 Å². The van der Waals surface area contributed by atoms with E-state index in [2.05, 4.69) is 11.5 Å². The summed E-state index contributed by atoms with van der Waals surface area (Å²) in [4.78, 5) is 0. The normalized spacial score (nSPS) is 25.8. The Morgan fingerprint density at radius 2 is 2.22 bits per heavy atom. The van der Waals surface area contributed by atoms with Crippen molar-refractivity contribution in [3.05, 3.63) is 11.5 Å². The molecule has 0 nitrogen and oxygen atoms in total. The molecule has 0 atom stereocenters. The molecular formula is C6H10S3. The minimum Gasteiger partial charge on any atom is -0.0822 e. The second kappa shape index (κ2) is 5.57. The molecule has 1 heterocycles. The molecule has 9 heavy (non-hydrogen) atoms. The molecular weight excluding hydrogens is 168 g/mol. The van der Waals surface area contributed by atoms with E-state index in [1.807, 2.05) is 31.4 Å². The highest BCUT2D eigenvalue weighted by Crippen LogP contribution is 2.36. The van der Waals surface area contributed by atoms with E-state index in [0.717, 1.165) is 0 Å². The van der Waals surface area contributed by atoms with Crippen LogP contribution in [0.2, 0.25) is 0 Å². The van der Waals surface area contributed by atoms with Gasteiger partial charge in [0.2, 0.25) is 0 Å². The van der Waals surface area contributed by atoms with Gasteiger partial charge in [-0.05, 0) is 34.5 Å². The van der Waals surface area contributed by atoms with Gasteiger partial charge < -0.3 is 0 Å². The Hall–Kier alpha value is 0.790. The Morgan fingerprint density at radius 1 is 1.22 bits per heavy atom. The molecule has 0 saturated heterocycles. The first-order chi connectivity index (χ1) is 4.50. The second-order valence-corrected chi connectivity index (χ2v) is 6.02. The van der Waals surface area contributed by atoms with Crippen molar-refractivity contribution in [2.24, 2.45) is 0 Å². The molecule has 3 heteroatoms. The van der Waals surface area contributed by atoms with Crippen molar-refractivity contribution >= 4 is 31.4 Å². The average Bonchev–Trinajstić information content (AvgIpc) is 2.00. The Morgan fingerprint density at radius 3 is 3.22 bits per heavy atom. The summed E-state index contributed by atoms with van der Waals surface area (Å²) in [6.45, 7) is 0. The fourth-order valence-corrected chi connectivity index (χ4v) is 3.94. The minimum absolute atomic E-state index is 1.27. The van der Waals surface area contributed by atoms with Crippen LogP contribution in [-0.2, 0) is 0 Å². The molecule has 0 aliphatic carbocycles. The van der Waals surface area contributed by atoms with Crippen molar-refractivity contribution in [2.45, 2.75) is 19.3 Å². The van der Waals surface area contributed by atoms with E-state index >= 15 is 0 Å². The van der Waals surface area contributed by atoms with Gasteiger partial charge in [0.15, 0.2) is 0 Å². The molecule has 1 aliphatic rings. The predicted octanol–water partition coefficient (Wildman–Crippen LogP) is 3.71. The van der Waals surface area contributed by atoms with Crippen LogP contribution in [0.15, 0.2) is 11.5 Å². The van der Waals surface area contributed by atoms with Gasteiger partial charge in [-0.1, -0.05) is 27.7 Å². The Labute approximate surface area is 68.0 Å². The maximum atomic E-state index is 2.27. The summed E-state index contributed by atoms with van der Waals surface area (Å²) >= 11 is 0. The first-order valence-electron chi connectivity index (χ1n) is 3.10. The zero-order chi connectivity index (χ0) is 6.36. The predicted molar refractivity (Wildman–Crippen MR) is 50.6 cm³/mol. The Balaban J connectivity index is 2.15. The molecule has 1 rings (SSSR count). The fraction of sp³-hybridized carbons (Fsp3) is 0.667. The lowest BCUT2D eigenvalue weighted by molar-refractivity contribution is 0.825. The zero-order valence-corrected chi connectivity index (χ0v) is 7.66. The molecule has 0 bridgehead atoms. The SMILES string of the molecule is C1=C\SSSCCCC/1. The Bertz CT molecular complexity index is 80.3. The van der Waals surface area contributed by atoms with Crippen molar-refractivity contribution in [3.8, 4) is 0 Å².